The minimum Gasteiger partial charge on any atom is -0.506 e. The van der Waals surface area contributed by atoms with Gasteiger partial charge in [-0.15, -0.1) is 5.11 Å². The molecule has 0 aliphatic rings. The molecule has 1 unspecified atom stereocenters. The van der Waals surface area contributed by atoms with E-state index < -0.39 is 12.1 Å². The number of aromatic hydroxyl groups is 2. The lowest BCUT2D eigenvalue weighted by Crippen LogP contribution is -2.16. The topological polar surface area (TPSA) is 146 Å². The molecule has 1 aromatic heterocycles. The lowest BCUT2D eigenvalue weighted by molar-refractivity contribution is 0.0993. The number of aliphatic hydroxyl groups is 1. The van der Waals surface area contributed by atoms with Gasteiger partial charge >= 0.3 is 0 Å². The molecular weight excluding hydrogens is 386 g/mol. The Kier molecular flexibility index (Phi) is 5.57. The Labute approximate surface area is 164 Å². The van der Waals surface area contributed by atoms with Gasteiger partial charge in [-0.1, -0.05) is 29.8 Å². The lowest BCUT2D eigenvalue weighted by atomic mass is 10.1. The molecule has 2 aromatic carbocycles. The van der Waals surface area contributed by atoms with E-state index in [1.54, 1.807) is 30.3 Å². The second kappa shape index (κ2) is 8.07. The molecular formula is C18H16ClN5O4. The van der Waals surface area contributed by atoms with Crippen LogP contribution in [0.1, 0.15) is 16.1 Å². The third kappa shape index (κ3) is 4.11. The maximum Gasteiger partial charge on any atom is 0.269 e. The van der Waals surface area contributed by atoms with Crippen molar-refractivity contribution in [1.82, 2.24) is 9.78 Å². The molecule has 0 aliphatic heterocycles. The summed E-state index contributed by atoms with van der Waals surface area (Å²) >= 11 is 5.83. The van der Waals surface area contributed by atoms with E-state index in [9.17, 15) is 20.1 Å². The number of carbonyl (C=O) groups excluding carboxylic acids is 1. The van der Waals surface area contributed by atoms with Crippen LogP contribution in [0.15, 0.2) is 58.8 Å². The number of primary amides is 1. The number of phenols is 1. The Bertz CT molecular complexity index is 1040. The van der Waals surface area contributed by atoms with Gasteiger partial charge in [0.2, 0.25) is 5.88 Å². The Morgan fingerprint density at radius 3 is 2.61 bits per heavy atom. The maximum atomic E-state index is 11.7. The molecule has 144 valence electrons. The van der Waals surface area contributed by atoms with Gasteiger partial charge in [0, 0.05) is 11.4 Å². The minimum absolute atomic E-state index is 0.0260. The van der Waals surface area contributed by atoms with Crippen LogP contribution in [0.25, 0.3) is 5.69 Å². The van der Waals surface area contributed by atoms with Crippen molar-refractivity contribution in [2.45, 2.75) is 12.6 Å². The first kappa shape index (κ1) is 19.3. The summed E-state index contributed by atoms with van der Waals surface area (Å²) in [5.74, 6) is -1.38. The molecule has 28 heavy (non-hydrogen) atoms. The zero-order valence-electron chi connectivity index (χ0n) is 14.4. The van der Waals surface area contributed by atoms with Crippen molar-refractivity contribution < 1.29 is 20.1 Å². The summed E-state index contributed by atoms with van der Waals surface area (Å²) < 4.78 is 1.14. The number of hydrogen-bond donors (Lipinski definition) is 4. The van der Waals surface area contributed by atoms with Crippen LogP contribution < -0.4 is 5.73 Å². The van der Waals surface area contributed by atoms with Crippen molar-refractivity contribution in [3.63, 3.8) is 0 Å². The lowest BCUT2D eigenvalue weighted by Gasteiger charge is -2.06. The van der Waals surface area contributed by atoms with Crippen LogP contribution in [-0.2, 0) is 6.42 Å². The second-order valence-electron chi connectivity index (χ2n) is 5.80. The van der Waals surface area contributed by atoms with Crippen LogP contribution >= 0.6 is 11.6 Å². The zero-order chi connectivity index (χ0) is 20.3. The number of benzene rings is 2. The summed E-state index contributed by atoms with van der Waals surface area (Å²) in [5, 5.41) is 42.1. The number of halogens is 1. The van der Waals surface area contributed by atoms with Crippen LogP contribution in [0, 0.1) is 0 Å². The van der Waals surface area contributed by atoms with E-state index in [0.717, 1.165) is 4.68 Å². The Morgan fingerprint density at radius 2 is 1.93 bits per heavy atom. The monoisotopic (exact) mass is 401 g/mol. The zero-order valence-corrected chi connectivity index (χ0v) is 15.2. The average molecular weight is 402 g/mol. The van der Waals surface area contributed by atoms with Gasteiger partial charge < -0.3 is 21.1 Å². The molecule has 0 aliphatic carbocycles. The number of carbonyl (C=O) groups is 1. The molecule has 0 saturated carbocycles. The number of phenolic OH excluding ortho intramolecular Hbond substituents is 1. The van der Waals surface area contributed by atoms with Crippen molar-refractivity contribution in [2.75, 3.05) is 0 Å². The van der Waals surface area contributed by atoms with Gasteiger partial charge in [-0.05, 0) is 30.3 Å². The highest BCUT2D eigenvalue weighted by Crippen LogP contribution is 2.30. The predicted octanol–water partition coefficient (Wildman–Crippen LogP) is 2.68. The van der Waals surface area contributed by atoms with Crippen LogP contribution in [0.5, 0.6) is 11.6 Å². The quantitative estimate of drug-likeness (QED) is 0.469. The molecule has 1 atom stereocenters. The summed E-state index contributed by atoms with van der Waals surface area (Å²) in [5.41, 5.74) is 5.74. The van der Waals surface area contributed by atoms with Crippen molar-refractivity contribution in [3.8, 4) is 17.3 Å². The fraction of sp³-hybridized carbons (Fsp3) is 0.111. The Morgan fingerprint density at radius 1 is 1.21 bits per heavy atom. The van der Waals surface area contributed by atoms with Gasteiger partial charge in [0.1, 0.15) is 11.4 Å². The van der Waals surface area contributed by atoms with E-state index in [1.807, 2.05) is 0 Å². The predicted molar refractivity (Wildman–Crippen MR) is 101 cm³/mol. The van der Waals surface area contributed by atoms with Crippen LogP contribution in [-0.4, -0.2) is 37.2 Å². The van der Waals surface area contributed by atoms with E-state index in [2.05, 4.69) is 15.3 Å². The molecule has 0 bridgehead atoms. The molecule has 9 nitrogen and oxygen atoms in total. The number of para-hydroxylation sites is 1. The summed E-state index contributed by atoms with van der Waals surface area (Å²) in [6.07, 6.45) is -1.71. The highest BCUT2D eigenvalue weighted by atomic mass is 35.5. The van der Waals surface area contributed by atoms with Gasteiger partial charge in [-0.25, -0.2) is 4.68 Å². The molecule has 0 fully saturated rings. The SMILES string of the molecule is NC(=O)c1nn(-c2ccccc2)c(O)c1CC(O)N=Nc1cc(Cl)ccc1O. The van der Waals surface area contributed by atoms with E-state index in [1.165, 1.54) is 18.2 Å². The number of aromatic nitrogens is 2. The maximum absolute atomic E-state index is 11.7. The fourth-order valence-corrected chi connectivity index (χ4v) is 2.67. The molecule has 1 amide bonds. The van der Waals surface area contributed by atoms with Crippen molar-refractivity contribution in [3.05, 3.63) is 64.8 Å². The highest BCUT2D eigenvalue weighted by molar-refractivity contribution is 6.30. The molecule has 0 spiro atoms. The largest absolute Gasteiger partial charge is 0.506 e. The number of aliphatic hydroxyl groups excluding tert-OH is 1. The first-order valence-electron chi connectivity index (χ1n) is 8.10. The molecule has 0 radical (unpaired) electrons. The summed E-state index contributed by atoms with van der Waals surface area (Å²) in [6, 6.07) is 12.8. The van der Waals surface area contributed by atoms with Gasteiger partial charge in [-0.3, -0.25) is 4.79 Å². The van der Waals surface area contributed by atoms with Crippen LogP contribution in [0.3, 0.4) is 0 Å². The van der Waals surface area contributed by atoms with E-state index in [0.29, 0.717) is 10.7 Å². The molecule has 3 rings (SSSR count). The van der Waals surface area contributed by atoms with Crippen molar-refractivity contribution in [1.29, 1.82) is 0 Å². The van der Waals surface area contributed by atoms with Gasteiger partial charge in [0.05, 0.1) is 11.3 Å². The smallest absolute Gasteiger partial charge is 0.269 e. The number of rotatable bonds is 6. The van der Waals surface area contributed by atoms with Crippen LogP contribution in [0.2, 0.25) is 5.02 Å². The fourth-order valence-electron chi connectivity index (χ4n) is 2.51. The number of azo groups is 1. The first-order valence-corrected chi connectivity index (χ1v) is 8.48. The molecule has 1 heterocycles. The van der Waals surface area contributed by atoms with Crippen molar-refractivity contribution in [2.24, 2.45) is 16.0 Å². The second-order valence-corrected chi connectivity index (χ2v) is 6.23. The number of hydrogen-bond acceptors (Lipinski definition) is 7. The van der Waals surface area contributed by atoms with Crippen molar-refractivity contribution >= 4 is 23.2 Å². The Hall–Kier alpha value is -3.43. The van der Waals surface area contributed by atoms with Gasteiger partial charge in [0.15, 0.2) is 11.9 Å². The molecule has 5 N–H and O–H groups in total. The molecule has 0 saturated heterocycles. The summed E-state index contributed by atoms with van der Waals surface area (Å²) in [4.78, 5) is 11.7. The average Bonchev–Trinajstić information content (AvgIpc) is 3.00. The third-order valence-electron chi connectivity index (χ3n) is 3.81. The van der Waals surface area contributed by atoms with E-state index in [-0.39, 0.29) is 35.0 Å². The minimum atomic E-state index is -1.43. The number of nitrogens with two attached hydrogens (primary N) is 1. The summed E-state index contributed by atoms with van der Waals surface area (Å²) in [7, 11) is 0. The Balaban J connectivity index is 1.89. The van der Waals surface area contributed by atoms with E-state index in [4.69, 9.17) is 17.3 Å². The van der Waals surface area contributed by atoms with Crippen LogP contribution in [0.4, 0.5) is 5.69 Å². The standard InChI is InChI=1S/C18H16ClN5O4/c19-10-6-7-14(25)13(8-10)21-22-15(26)9-12-16(17(20)27)23-24(18(12)28)11-4-2-1-3-5-11/h1-8,15,25-26,28H,9H2,(H2,20,27). The summed E-state index contributed by atoms with van der Waals surface area (Å²) in [6.45, 7) is 0. The van der Waals surface area contributed by atoms with Gasteiger partial charge in [-0.2, -0.15) is 10.2 Å². The number of amides is 1. The number of nitrogens with zero attached hydrogens (tertiary/aromatic N) is 4. The molecule has 3 aromatic rings. The van der Waals surface area contributed by atoms with E-state index >= 15 is 0 Å². The normalized spacial score (nSPS) is 12.4. The molecule has 10 heteroatoms. The van der Waals surface area contributed by atoms with Gasteiger partial charge in [0.25, 0.3) is 5.91 Å². The first-order chi connectivity index (χ1) is 13.4. The third-order valence-corrected chi connectivity index (χ3v) is 4.05. The highest BCUT2D eigenvalue weighted by Gasteiger charge is 2.24.